The van der Waals surface area contributed by atoms with Crippen molar-refractivity contribution in [2.75, 3.05) is 18.0 Å². The first kappa shape index (κ1) is 20.6. The van der Waals surface area contributed by atoms with Gasteiger partial charge in [-0.25, -0.2) is 22.4 Å². The van der Waals surface area contributed by atoms with Gasteiger partial charge in [-0.1, -0.05) is 6.07 Å². The number of benzene rings is 2. The Kier molecular flexibility index (Phi) is 4.97. The Morgan fingerprint density at radius 3 is 2.67 bits per heavy atom. The van der Waals surface area contributed by atoms with E-state index in [2.05, 4.69) is 20.7 Å². The lowest BCUT2D eigenvalue weighted by Gasteiger charge is -2.26. The summed E-state index contributed by atoms with van der Waals surface area (Å²) in [6.45, 7) is 0.315. The minimum absolute atomic E-state index is 0.0426. The summed E-state index contributed by atoms with van der Waals surface area (Å²) in [6.07, 6.45) is -0.471. The highest BCUT2D eigenvalue weighted by Gasteiger charge is 2.46. The molecule has 2 aliphatic rings. The smallest absolute Gasteiger partial charge is 0.428 e. The van der Waals surface area contributed by atoms with Gasteiger partial charge in [-0.2, -0.15) is 4.31 Å². The van der Waals surface area contributed by atoms with Crippen molar-refractivity contribution >= 4 is 43.7 Å². The predicted octanol–water partition coefficient (Wildman–Crippen LogP) is 3.74. The molecule has 1 aliphatic carbocycles. The zero-order chi connectivity index (χ0) is 21.8. The van der Waals surface area contributed by atoms with Gasteiger partial charge in [0.25, 0.3) is 10.0 Å². The second-order valence-electron chi connectivity index (χ2n) is 6.91. The maximum atomic E-state index is 13.5. The van der Waals surface area contributed by atoms with E-state index in [9.17, 15) is 27.5 Å². The molecule has 1 amide bonds. The molecule has 11 heteroatoms. The molecule has 1 N–H and O–H groups in total. The number of ether oxygens (including phenoxy) is 2. The number of hydrogen-bond acceptors (Lipinski definition) is 6. The number of carbonyl (C=O) groups is 2. The number of carbonyl (C=O) groups excluding carboxylic acids is 1. The first-order chi connectivity index (χ1) is 14.2. The minimum Gasteiger partial charge on any atom is -0.492 e. The Morgan fingerprint density at radius 2 is 2.03 bits per heavy atom. The van der Waals surface area contributed by atoms with Gasteiger partial charge in [0.2, 0.25) is 0 Å². The molecule has 2 aromatic carbocycles. The number of anilines is 1. The Hall–Kier alpha value is -2.66. The van der Waals surface area contributed by atoms with Gasteiger partial charge in [0, 0.05) is 10.4 Å². The van der Waals surface area contributed by atoms with E-state index in [1.807, 2.05) is 0 Å². The van der Waals surface area contributed by atoms with Crippen LogP contribution in [0.4, 0.5) is 14.9 Å². The molecule has 2 aromatic rings. The van der Waals surface area contributed by atoms with Gasteiger partial charge in [0.05, 0.1) is 19.4 Å². The van der Waals surface area contributed by atoms with Crippen molar-refractivity contribution < 1.29 is 37.0 Å². The summed E-state index contributed by atoms with van der Waals surface area (Å²) in [5.41, 5.74) is -0.217. The summed E-state index contributed by atoms with van der Waals surface area (Å²) in [6, 6.07) is 5.61. The lowest BCUT2D eigenvalue weighted by atomic mass is 10.00. The maximum Gasteiger partial charge on any atom is 0.428 e. The monoisotopic (exact) mass is 499 g/mol. The van der Waals surface area contributed by atoms with E-state index in [0.717, 1.165) is 31.7 Å². The highest BCUT2D eigenvalue weighted by Crippen LogP contribution is 2.55. The molecule has 1 aliphatic heterocycles. The van der Waals surface area contributed by atoms with E-state index >= 15 is 0 Å². The molecule has 2 unspecified atom stereocenters. The van der Waals surface area contributed by atoms with Crippen molar-refractivity contribution in [3.05, 3.63) is 51.7 Å². The molecule has 0 aromatic heterocycles. The summed E-state index contributed by atoms with van der Waals surface area (Å²) in [4.78, 5) is 24.2. The van der Waals surface area contributed by atoms with Crippen molar-refractivity contribution in [2.45, 2.75) is 17.2 Å². The van der Waals surface area contributed by atoms with Crippen molar-refractivity contribution in [1.82, 2.24) is 0 Å². The summed E-state index contributed by atoms with van der Waals surface area (Å²) in [7, 11) is -3.71. The standard InChI is InChI=1S/C19H15BrFNO7S/c1-28-19(25)22(30(26,27)15-5-2-10(21)7-13(15)20)14-4-3-11-12-6-9(12)8-29-17(11)16(14)18(23)24/h2-5,7,9,12H,6,8H2,1H3,(H,23,24). The van der Waals surface area contributed by atoms with Crippen LogP contribution < -0.4 is 9.04 Å². The molecule has 1 fully saturated rings. The van der Waals surface area contributed by atoms with Gasteiger partial charge in [-0.15, -0.1) is 0 Å². The van der Waals surface area contributed by atoms with Crippen LogP contribution in [0.25, 0.3) is 0 Å². The number of halogens is 2. The normalized spacial score (nSPS) is 19.2. The van der Waals surface area contributed by atoms with Gasteiger partial charge < -0.3 is 14.6 Å². The molecule has 0 radical (unpaired) electrons. The van der Waals surface area contributed by atoms with Crippen LogP contribution in [0.3, 0.4) is 0 Å². The number of nitrogens with zero attached hydrogens (tertiary/aromatic N) is 1. The van der Waals surface area contributed by atoms with Crippen LogP contribution in [0.2, 0.25) is 0 Å². The molecular formula is C19H15BrFNO7S. The molecule has 1 heterocycles. The molecule has 30 heavy (non-hydrogen) atoms. The highest BCUT2D eigenvalue weighted by atomic mass is 79.9. The fraction of sp³-hybridized carbons (Fsp3) is 0.263. The lowest BCUT2D eigenvalue weighted by molar-refractivity contribution is 0.0692. The zero-order valence-corrected chi connectivity index (χ0v) is 17.9. The van der Waals surface area contributed by atoms with Crippen molar-refractivity contribution in [3.63, 3.8) is 0 Å². The van der Waals surface area contributed by atoms with Crippen molar-refractivity contribution in [2.24, 2.45) is 5.92 Å². The van der Waals surface area contributed by atoms with E-state index in [1.54, 1.807) is 6.07 Å². The number of fused-ring (bicyclic) bond motifs is 3. The van der Waals surface area contributed by atoms with Gasteiger partial charge in [0.1, 0.15) is 22.0 Å². The number of carboxylic acids is 1. The molecule has 8 nitrogen and oxygen atoms in total. The third kappa shape index (κ3) is 3.21. The lowest BCUT2D eigenvalue weighted by Crippen LogP contribution is -2.38. The average molecular weight is 500 g/mol. The predicted molar refractivity (Wildman–Crippen MR) is 106 cm³/mol. The third-order valence-electron chi connectivity index (χ3n) is 5.12. The molecule has 158 valence electrons. The number of carboxylic acid groups (broad SMARTS) is 1. The number of methoxy groups -OCH3 is 1. The van der Waals surface area contributed by atoms with E-state index in [-0.39, 0.29) is 20.4 Å². The molecular weight excluding hydrogens is 485 g/mol. The summed E-state index contributed by atoms with van der Waals surface area (Å²) in [5.74, 6) is -1.65. The number of hydrogen-bond donors (Lipinski definition) is 1. The van der Waals surface area contributed by atoms with E-state index in [1.165, 1.54) is 6.07 Å². The Bertz CT molecular complexity index is 1180. The highest BCUT2D eigenvalue weighted by molar-refractivity contribution is 9.10. The molecule has 0 bridgehead atoms. The van der Waals surface area contributed by atoms with Gasteiger partial charge in [-0.3, -0.25) is 0 Å². The maximum absolute atomic E-state index is 13.5. The van der Waals surface area contributed by atoms with Crippen LogP contribution in [0, 0.1) is 11.7 Å². The molecule has 0 saturated heterocycles. The average Bonchev–Trinajstić information content (AvgIpc) is 3.46. The number of sulfonamides is 1. The summed E-state index contributed by atoms with van der Waals surface area (Å²) >= 11 is 2.98. The van der Waals surface area contributed by atoms with Gasteiger partial charge >= 0.3 is 12.1 Å². The topological polar surface area (TPSA) is 110 Å². The molecule has 2 atom stereocenters. The van der Waals surface area contributed by atoms with Crippen LogP contribution in [0.5, 0.6) is 5.75 Å². The van der Waals surface area contributed by atoms with E-state index in [4.69, 9.17) is 4.74 Å². The van der Waals surface area contributed by atoms with E-state index in [0.29, 0.717) is 18.1 Å². The van der Waals surface area contributed by atoms with E-state index < -0.39 is 44.0 Å². The van der Waals surface area contributed by atoms with Crippen LogP contribution in [-0.4, -0.2) is 39.3 Å². The van der Waals surface area contributed by atoms with Crippen molar-refractivity contribution in [1.29, 1.82) is 0 Å². The second-order valence-corrected chi connectivity index (χ2v) is 9.52. The fourth-order valence-corrected chi connectivity index (χ4v) is 5.99. The third-order valence-corrected chi connectivity index (χ3v) is 7.77. The Labute approximate surface area is 179 Å². The zero-order valence-electron chi connectivity index (χ0n) is 15.5. The van der Waals surface area contributed by atoms with Gasteiger partial charge in [-0.05, 0) is 58.1 Å². The summed E-state index contributed by atoms with van der Waals surface area (Å²) in [5, 5.41) is 9.84. The van der Waals surface area contributed by atoms with Gasteiger partial charge in [0.15, 0.2) is 0 Å². The van der Waals surface area contributed by atoms with Crippen molar-refractivity contribution in [3.8, 4) is 5.75 Å². The Morgan fingerprint density at radius 1 is 1.30 bits per heavy atom. The van der Waals surface area contributed by atoms with Crippen LogP contribution in [-0.2, 0) is 14.8 Å². The van der Waals surface area contributed by atoms with Crippen LogP contribution >= 0.6 is 15.9 Å². The first-order valence-corrected chi connectivity index (χ1v) is 11.0. The number of aromatic carboxylic acids is 1. The second kappa shape index (κ2) is 7.24. The quantitative estimate of drug-likeness (QED) is 0.681. The molecule has 4 rings (SSSR count). The summed E-state index contributed by atoms with van der Waals surface area (Å²) < 4.78 is 50.5. The molecule has 1 saturated carbocycles. The SMILES string of the molecule is COC(=O)N(c1ccc2c(c1C(=O)O)OCC1CC21)S(=O)(=O)c1ccc(F)cc1Br. The number of amides is 1. The fourth-order valence-electron chi connectivity index (χ4n) is 3.61. The Balaban J connectivity index is 1.94. The first-order valence-electron chi connectivity index (χ1n) is 8.78. The van der Waals surface area contributed by atoms with Crippen LogP contribution in [0.1, 0.15) is 28.3 Å². The number of rotatable bonds is 4. The molecule has 0 spiro atoms. The van der Waals surface area contributed by atoms with Crippen LogP contribution in [0.15, 0.2) is 39.7 Å². The minimum atomic E-state index is -4.67. The largest absolute Gasteiger partial charge is 0.492 e.